The van der Waals surface area contributed by atoms with E-state index in [0.717, 1.165) is 22.3 Å². The minimum absolute atomic E-state index is 0.101. The maximum absolute atomic E-state index is 12.3. The summed E-state index contributed by atoms with van der Waals surface area (Å²) in [5.41, 5.74) is 9.83. The van der Waals surface area contributed by atoms with E-state index in [1.165, 1.54) is 21.6 Å². The Bertz CT molecular complexity index is 957. The van der Waals surface area contributed by atoms with E-state index in [0.29, 0.717) is 17.9 Å². The molecule has 0 bridgehead atoms. The van der Waals surface area contributed by atoms with Gasteiger partial charge < -0.3 is 26.0 Å². The Morgan fingerprint density at radius 2 is 1.45 bits per heavy atom. The fourth-order valence-electron chi connectivity index (χ4n) is 3.62. The van der Waals surface area contributed by atoms with Gasteiger partial charge in [-0.25, -0.2) is 9.59 Å². The maximum Gasteiger partial charge on any atom is 0.407 e. The van der Waals surface area contributed by atoms with E-state index in [4.69, 9.17) is 15.6 Å². The Morgan fingerprint density at radius 1 is 0.909 bits per heavy atom. The molecule has 1 aliphatic carbocycles. The van der Waals surface area contributed by atoms with Crippen molar-refractivity contribution in [2.75, 3.05) is 18.1 Å². The van der Waals surface area contributed by atoms with Gasteiger partial charge in [0.15, 0.2) is 0 Å². The van der Waals surface area contributed by atoms with Crippen LogP contribution < -0.4 is 11.1 Å². The summed E-state index contributed by atoms with van der Waals surface area (Å²) in [5.74, 6) is -1.28. The Kier molecular flexibility index (Phi) is 9.04. The van der Waals surface area contributed by atoms with Crippen LogP contribution in [0.5, 0.6) is 0 Å². The largest absolute Gasteiger partial charge is 0.480 e. The molecule has 0 saturated carbocycles. The van der Waals surface area contributed by atoms with Crippen LogP contribution in [0.1, 0.15) is 29.9 Å². The zero-order valence-corrected chi connectivity index (χ0v) is 19.4. The molecule has 2 atom stereocenters. The molecule has 2 aromatic carbocycles. The summed E-state index contributed by atoms with van der Waals surface area (Å²) in [7, 11) is 2.83. The first kappa shape index (κ1) is 24.9. The number of rotatable bonds is 12. The zero-order valence-electron chi connectivity index (χ0n) is 17.8. The summed E-state index contributed by atoms with van der Waals surface area (Å²) in [6.07, 6.45) is -0.232. The molecule has 0 fully saturated rings. The van der Waals surface area contributed by atoms with E-state index in [2.05, 4.69) is 5.32 Å². The number of nitrogens with two attached hydrogens (primary N) is 1. The fraction of sp³-hybridized carbons (Fsp3) is 0.348. The summed E-state index contributed by atoms with van der Waals surface area (Å²) in [5, 5.41) is 20.6. The predicted octanol–water partition coefficient (Wildman–Crippen LogP) is 3.55. The van der Waals surface area contributed by atoms with E-state index in [1.54, 1.807) is 0 Å². The molecule has 1 unspecified atom stereocenters. The first-order valence-electron chi connectivity index (χ1n) is 10.5. The van der Waals surface area contributed by atoms with Crippen molar-refractivity contribution in [3.8, 4) is 11.1 Å². The Morgan fingerprint density at radius 3 is 2.00 bits per heavy atom. The average Bonchev–Trinajstić information content (AvgIpc) is 3.12. The maximum atomic E-state index is 12.3. The molecule has 0 saturated heterocycles. The van der Waals surface area contributed by atoms with Gasteiger partial charge in [0.25, 0.3) is 0 Å². The van der Waals surface area contributed by atoms with Crippen LogP contribution >= 0.6 is 21.6 Å². The highest BCUT2D eigenvalue weighted by molar-refractivity contribution is 8.76. The van der Waals surface area contributed by atoms with Gasteiger partial charge in [-0.15, -0.1) is 0 Å². The van der Waals surface area contributed by atoms with Crippen LogP contribution in [0.25, 0.3) is 11.1 Å². The van der Waals surface area contributed by atoms with Crippen LogP contribution in [0.2, 0.25) is 0 Å². The standard InChI is InChI=1S/C23H26N2O6S2/c24-19(21(26)27)9-11-32-33-12-10-20(22(28)29)25-23(30)31-13-18-16-7-3-1-5-14(16)15-6-2-4-8-17(15)18/h1-8,18-20H,9-13,24H2,(H,25,30)(H,26,27)(H,28,29)/t19?,20-/m0/s1. The molecule has 8 nitrogen and oxygen atoms in total. The number of ether oxygens (including phenoxy) is 1. The lowest BCUT2D eigenvalue weighted by molar-refractivity contribution is -0.140. The van der Waals surface area contributed by atoms with E-state index in [9.17, 15) is 19.5 Å². The smallest absolute Gasteiger partial charge is 0.407 e. The van der Waals surface area contributed by atoms with Crippen molar-refractivity contribution in [3.05, 3.63) is 59.7 Å². The molecule has 0 radical (unpaired) electrons. The molecule has 0 aliphatic heterocycles. The van der Waals surface area contributed by atoms with Gasteiger partial charge in [-0.05, 0) is 35.1 Å². The van der Waals surface area contributed by atoms with Crippen molar-refractivity contribution in [1.82, 2.24) is 5.32 Å². The van der Waals surface area contributed by atoms with Crippen LogP contribution in [-0.2, 0) is 14.3 Å². The lowest BCUT2D eigenvalue weighted by atomic mass is 9.98. The van der Waals surface area contributed by atoms with E-state index >= 15 is 0 Å². The molecule has 10 heteroatoms. The van der Waals surface area contributed by atoms with E-state index < -0.39 is 30.1 Å². The quantitative estimate of drug-likeness (QED) is 0.260. The number of hydrogen-bond acceptors (Lipinski definition) is 7. The Labute approximate surface area is 199 Å². The van der Waals surface area contributed by atoms with E-state index in [-0.39, 0.29) is 18.9 Å². The number of carbonyl (C=O) groups excluding carboxylic acids is 1. The molecule has 3 rings (SSSR count). The van der Waals surface area contributed by atoms with Crippen molar-refractivity contribution in [2.45, 2.75) is 30.8 Å². The van der Waals surface area contributed by atoms with Gasteiger partial charge in [-0.3, -0.25) is 4.79 Å². The van der Waals surface area contributed by atoms with Crippen molar-refractivity contribution in [3.63, 3.8) is 0 Å². The topological polar surface area (TPSA) is 139 Å². The second kappa shape index (κ2) is 12.0. The number of aliphatic carboxylic acids is 2. The summed E-state index contributed by atoms with van der Waals surface area (Å²) < 4.78 is 5.42. The third kappa shape index (κ3) is 6.66. The number of nitrogens with one attached hydrogen (secondary N) is 1. The zero-order chi connectivity index (χ0) is 23.8. The molecule has 1 amide bonds. The fourth-order valence-corrected chi connectivity index (χ4v) is 5.82. The van der Waals surface area contributed by atoms with Crippen molar-refractivity contribution < 1.29 is 29.3 Å². The number of carbonyl (C=O) groups is 3. The number of hydrogen-bond donors (Lipinski definition) is 4. The first-order valence-corrected chi connectivity index (χ1v) is 12.9. The molecular formula is C23H26N2O6S2. The predicted molar refractivity (Wildman–Crippen MR) is 129 cm³/mol. The second-order valence-electron chi connectivity index (χ2n) is 7.53. The Balaban J connectivity index is 1.46. The normalized spacial score (nSPS) is 14.1. The number of carboxylic acids is 2. The van der Waals surface area contributed by atoms with Crippen LogP contribution in [0.4, 0.5) is 4.79 Å². The average molecular weight is 491 g/mol. The van der Waals surface area contributed by atoms with Gasteiger partial charge in [0, 0.05) is 17.4 Å². The van der Waals surface area contributed by atoms with Gasteiger partial charge in [0.2, 0.25) is 0 Å². The van der Waals surface area contributed by atoms with Crippen LogP contribution in [0.15, 0.2) is 48.5 Å². The molecule has 5 N–H and O–H groups in total. The highest BCUT2D eigenvalue weighted by atomic mass is 33.1. The highest BCUT2D eigenvalue weighted by Crippen LogP contribution is 2.44. The number of fused-ring (bicyclic) bond motifs is 3. The van der Waals surface area contributed by atoms with Crippen molar-refractivity contribution in [2.24, 2.45) is 5.73 Å². The van der Waals surface area contributed by atoms with Gasteiger partial charge in [0.1, 0.15) is 18.7 Å². The highest BCUT2D eigenvalue weighted by Gasteiger charge is 2.29. The molecule has 1 aliphatic rings. The molecular weight excluding hydrogens is 464 g/mol. The lowest BCUT2D eigenvalue weighted by Crippen LogP contribution is -2.41. The third-order valence-corrected chi connectivity index (χ3v) is 7.81. The Hall–Kier alpha value is -2.69. The number of benzene rings is 2. The lowest BCUT2D eigenvalue weighted by Gasteiger charge is -2.17. The van der Waals surface area contributed by atoms with Crippen LogP contribution in [-0.4, -0.2) is 58.4 Å². The van der Waals surface area contributed by atoms with Gasteiger partial charge >= 0.3 is 18.0 Å². The number of alkyl carbamates (subject to hydrolysis) is 1. The van der Waals surface area contributed by atoms with Gasteiger partial charge in [0.05, 0.1) is 0 Å². The van der Waals surface area contributed by atoms with Crippen molar-refractivity contribution in [1.29, 1.82) is 0 Å². The third-order valence-electron chi connectivity index (χ3n) is 5.34. The van der Waals surface area contributed by atoms with E-state index in [1.807, 2.05) is 48.5 Å². The van der Waals surface area contributed by atoms with Gasteiger partial charge in [-0.2, -0.15) is 0 Å². The molecule has 33 heavy (non-hydrogen) atoms. The summed E-state index contributed by atoms with van der Waals surface area (Å²) >= 11 is 0. The summed E-state index contributed by atoms with van der Waals surface area (Å²) in [4.78, 5) is 34.6. The van der Waals surface area contributed by atoms with Crippen molar-refractivity contribution >= 4 is 39.6 Å². The number of amides is 1. The minimum Gasteiger partial charge on any atom is -0.480 e. The number of carboxylic acid groups (broad SMARTS) is 2. The molecule has 176 valence electrons. The minimum atomic E-state index is -1.14. The molecule has 2 aromatic rings. The van der Waals surface area contributed by atoms with Gasteiger partial charge in [-0.1, -0.05) is 70.1 Å². The summed E-state index contributed by atoms with van der Waals surface area (Å²) in [6.45, 7) is 0.112. The first-order chi connectivity index (χ1) is 15.9. The van der Waals surface area contributed by atoms with Crippen LogP contribution in [0, 0.1) is 0 Å². The molecule has 0 spiro atoms. The SMILES string of the molecule is NC(CCSSCC[C@H](NC(=O)OCC1c2ccccc2-c2ccccc21)C(=O)O)C(=O)O. The monoisotopic (exact) mass is 490 g/mol. The molecule has 0 heterocycles. The summed E-state index contributed by atoms with van der Waals surface area (Å²) in [6, 6.07) is 14.0. The second-order valence-corrected chi connectivity index (χ2v) is 10.2. The molecule has 0 aromatic heterocycles. The van der Waals surface area contributed by atoms with Crippen LogP contribution in [0.3, 0.4) is 0 Å².